The average Bonchev–Trinajstić information content (AvgIpc) is 2.42. The van der Waals surface area contributed by atoms with E-state index in [1.807, 2.05) is 31.3 Å². The second-order valence-electron chi connectivity index (χ2n) is 3.91. The molecule has 0 heterocycles. The molecule has 0 radical (unpaired) electrons. The lowest BCUT2D eigenvalue weighted by Crippen LogP contribution is -2.12. The van der Waals surface area contributed by atoms with Crippen LogP contribution in [0.1, 0.15) is 10.4 Å². The maximum absolute atomic E-state index is 12.1. The maximum atomic E-state index is 12.1. The maximum Gasteiger partial charge on any atom is 0.255 e. The van der Waals surface area contributed by atoms with Crippen LogP contribution in [0.4, 0.5) is 11.4 Å². The number of carbonyl (C=O) groups is 1. The predicted octanol–water partition coefficient (Wildman–Crippen LogP) is 4.24. The van der Waals surface area contributed by atoms with Gasteiger partial charge in [0.15, 0.2) is 0 Å². The first-order valence-electron chi connectivity index (χ1n) is 5.64. The smallest absolute Gasteiger partial charge is 0.255 e. The van der Waals surface area contributed by atoms with Crippen LogP contribution in [0.5, 0.6) is 0 Å². The highest BCUT2D eigenvalue weighted by Crippen LogP contribution is 2.24. The van der Waals surface area contributed by atoms with Crippen LogP contribution in [0.15, 0.2) is 42.5 Å². The number of carbonyl (C=O) groups excluding carboxylic acids is 1. The lowest BCUT2D eigenvalue weighted by Gasteiger charge is -2.08. The van der Waals surface area contributed by atoms with E-state index < -0.39 is 0 Å². The Hall–Kier alpha value is -1.27. The van der Waals surface area contributed by atoms with Gasteiger partial charge in [-0.05, 0) is 65.1 Å². The van der Waals surface area contributed by atoms with Crippen molar-refractivity contribution >= 4 is 51.5 Å². The fourth-order valence-electron chi connectivity index (χ4n) is 1.57. The number of halogens is 2. The number of benzene rings is 2. The monoisotopic (exact) mass is 386 g/mol. The van der Waals surface area contributed by atoms with Crippen LogP contribution in [0.2, 0.25) is 5.02 Å². The topological polar surface area (TPSA) is 41.1 Å². The average molecular weight is 387 g/mol. The molecule has 19 heavy (non-hydrogen) atoms. The van der Waals surface area contributed by atoms with Crippen molar-refractivity contribution in [2.24, 2.45) is 0 Å². The zero-order chi connectivity index (χ0) is 13.8. The van der Waals surface area contributed by atoms with Gasteiger partial charge in [0.2, 0.25) is 0 Å². The second-order valence-corrected chi connectivity index (χ2v) is 5.56. The molecule has 2 rings (SSSR count). The zero-order valence-electron chi connectivity index (χ0n) is 10.2. The van der Waals surface area contributed by atoms with E-state index in [-0.39, 0.29) is 5.91 Å². The highest BCUT2D eigenvalue weighted by molar-refractivity contribution is 14.1. The van der Waals surface area contributed by atoms with Gasteiger partial charge < -0.3 is 10.6 Å². The van der Waals surface area contributed by atoms with Crippen molar-refractivity contribution in [1.29, 1.82) is 0 Å². The number of anilines is 2. The first kappa shape index (κ1) is 14.1. The largest absolute Gasteiger partial charge is 0.388 e. The van der Waals surface area contributed by atoms with Crippen molar-refractivity contribution in [3.63, 3.8) is 0 Å². The minimum Gasteiger partial charge on any atom is -0.388 e. The van der Waals surface area contributed by atoms with Crippen LogP contribution in [-0.4, -0.2) is 13.0 Å². The molecule has 0 fully saturated rings. The van der Waals surface area contributed by atoms with Crippen LogP contribution in [0.3, 0.4) is 0 Å². The van der Waals surface area contributed by atoms with Crippen molar-refractivity contribution in [3.8, 4) is 0 Å². The lowest BCUT2D eigenvalue weighted by molar-refractivity contribution is 0.102. The molecule has 0 saturated heterocycles. The van der Waals surface area contributed by atoms with Gasteiger partial charge in [-0.2, -0.15) is 0 Å². The van der Waals surface area contributed by atoms with Crippen molar-refractivity contribution < 1.29 is 4.79 Å². The first-order valence-corrected chi connectivity index (χ1v) is 7.10. The SMILES string of the molecule is CNc1ccc(C(=O)Nc2ccc(I)cc2Cl)cc1. The van der Waals surface area contributed by atoms with Crippen molar-refractivity contribution in [1.82, 2.24) is 0 Å². The molecule has 5 heteroatoms. The molecule has 0 aliphatic rings. The first-order chi connectivity index (χ1) is 9.10. The minimum atomic E-state index is -0.175. The fraction of sp³-hybridized carbons (Fsp3) is 0.0714. The molecule has 2 N–H and O–H groups in total. The summed E-state index contributed by atoms with van der Waals surface area (Å²) in [5, 5.41) is 6.34. The van der Waals surface area contributed by atoms with E-state index in [4.69, 9.17) is 11.6 Å². The Morgan fingerprint density at radius 1 is 1.16 bits per heavy atom. The molecule has 2 aromatic carbocycles. The third kappa shape index (κ3) is 3.61. The molecule has 2 aromatic rings. The molecule has 0 aliphatic heterocycles. The Kier molecular flexibility index (Phi) is 4.66. The summed E-state index contributed by atoms with van der Waals surface area (Å²) in [6.07, 6.45) is 0. The molecule has 0 aromatic heterocycles. The van der Waals surface area contributed by atoms with Crippen LogP contribution in [0, 0.1) is 3.57 Å². The Morgan fingerprint density at radius 3 is 2.42 bits per heavy atom. The summed E-state index contributed by atoms with van der Waals surface area (Å²) >= 11 is 8.25. The summed E-state index contributed by atoms with van der Waals surface area (Å²) in [6.45, 7) is 0. The van der Waals surface area contributed by atoms with Crippen molar-refractivity contribution in [2.75, 3.05) is 17.7 Å². The minimum absolute atomic E-state index is 0.175. The highest BCUT2D eigenvalue weighted by atomic mass is 127. The van der Waals surface area contributed by atoms with E-state index in [1.165, 1.54) is 0 Å². The van der Waals surface area contributed by atoms with Gasteiger partial charge in [-0.15, -0.1) is 0 Å². The molecule has 0 bridgehead atoms. The summed E-state index contributed by atoms with van der Waals surface area (Å²) < 4.78 is 1.03. The lowest BCUT2D eigenvalue weighted by atomic mass is 10.2. The number of amides is 1. The van der Waals surface area contributed by atoms with Crippen LogP contribution in [-0.2, 0) is 0 Å². The van der Waals surface area contributed by atoms with E-state index in [1.54, 1.807) is 18.2 Å². The zero-order valence-corrected chi connectivity index (χ0v) is 13.1. The summed E-state index contributed by atoms with van der Waals surface area (Å²) in [7, 11) is 1.83. The molecule has 3 nitrogen and oxygen atoms in total. The highest BCUT2D eigenvalue weighted by Gasteiger charge is 2.08. The van der Waals surface area contributed by atoms with Gasteiger partial charge in [0.1, 0.15) is 0 Å². The number of hydrogen-bond acceptors (Lipinski definition) is 2. The van der Waals surface area contributed by atoms with E-state index in [0.717, 1.165) is 9.26 Å². The van der Waals surface area contributed by atoms with Gasteiger partial charge in [0.25, 0.3) is 5.91 Å². The summed E-state index contributed by atoms with van der Waals surface area (Å²) in [5.41, 5.74) is 2.17. The summed E-state index contributed by atoms with van der Waals surface area (Å²) in [4.78, 5) is 12.1. The van der Waals surface area contributed by atoms with Crippen LogP contribution >= 0.6 is 34.2 Å². The molecule has 98 valence electrons. The Bertz CT molecular complexity index is 599. The molecule has 0 unspecified atom stereocenters. The van der Waals surface area contributed by atoms with Crippen molar-refractivity contribution in [3.05, 3.63) is 56.6 Å². The molecule has 0 spiro atoms. The fourth-order valence-corrected chi connectivity index (χ4v) is 2.48. The van der Waals surface area contributed by atoms with Crippen LogP contribution in [0.25, 0.3) is 0 Å². The van der Waals surface area contributed by atoms with E-state index in [9.17, 15) is 4.79 Å². The van der Waals surface area contributed by atoms with Gasteiger partial charge in [0.05, 0.1) is 10.7 Å². The van der Waals surface area contributed by atoms with Crippen molar-refractivity contribution in [2.45, 2.75) is 0 Å². The summed E-state index contributed by atoms with van der Waals surface area (Å²) in [5.74, 6) is -0.175. The van der Waals surface area contributed by atoms with E-state index >= 15 is 0 Å². The van der Waals surface area contributed by atoms with Crippen LogP contribution < -0.4 is 10.6 Å². The second kappa shape index (κ2) is 6.25. The summed E-state index contributed by atoms with van der Waals surface area (Å²) in [6, 6.07) is 12.7. The van der Waals surface area contributed by atoms with Gasteiger partial charge in [0, 0.05) is 21.9 Å². The number of rotatable bonds is 3. The van der Waals surface area contributed by atoms with Gasteiger partial charge in [-0.25, -0.2) is 0 Å². The predicted molar refractivity (Wildman–Crippen MR) is 88.1 cm³/mol. The Labute approximate surface area is 130 Å². The van der Waals surface area contributed by atoms with Gasteiger partial charge in [-0.1, -0.05) is 11.6 Å². The van der Waals surface area contributed by atoms with E-state index in [0.29, 0.717) is 16.3 Å². The quantitative estimate of drug-likeness (QED) is 0.775. The van der Waals surface area contributed by atoms with Gasteiger partial charge in [-0.3, -0.25) is 4.79 Å². The molecule has 0 aliphatic carbocycles. The Balaban J connectivity index is 2.15. The molecule has 0 atom stereocenters. The standard InChI is InChI=1S/C14H12ClIN2O/c1-17-11-5-2-9(3-6-11)14(19)18-13-7-4-10(16)8-12(13)15/h2-8,17H,1H3,(H,18,19). The number of hydrogen-bond donors (Lipinski definition) is 2. The van der Waals surface area contributed by atoms with Gasteiger partial charge >= 0.3 is 0 Å². The number of nitrogens with one attached hydrogen (secondary N) is 2. The molecular formula is C14H12ClIN2O. The van der Waals surface area contributed by atoms with E-state index in [2.05, 4.69) is 33.2 Å². The normalized spacial score (nSPS) is 10.1. The third-order valence-corrected chi connectivity index (χ3v) is 3.60. The molecular weight excluding hydrogens is 375 g/mol. The molecule has 0 saturated carbocycles. The Morgan fingerprint density at radius 2 is 1.84 bits per heavy atom. The molecule has 1 amide bonds. The third-order valence-electron chi connectivity index (χ3n) is 2.62.